The molecule has 0 saturated heterocycles. The number of hydrogen-bond acceptors (Lipinski definition) is 4. The van der Waals surface area contributed by atoms with Crippen LogP contribution in [0.15, 0.2) is 34.9 Å². The maximum absolute atomic E-state index is 12.3. The van der Waals surface area contributed by atoms with Gasteiger partial charge in [0.05, 0.1) is 18.4 Å². The molecule has 1 amide bonds. The van der Waals surface area contributed by atoms with Crippen molar-refractivity contribution < 1.29 is 23.8 Å². The highest BCUT2D eigenvalue weighted by Crippen LogP contribution is 2.21. The number of carboxylic acid groups (broad SMARTS) is 1. The molecule has 22 heavy (non-hydrogen) atoms. The lowest BCUT2D eigenvalue weighted by molar-refractivity contribution is -0.136. The summed E-state index contributed by atoms with van der Waals surface area (Å²) in [6, 6.07) is 6.93. The number of benzene rings is 1. The van der Waals surface area contributed by atoms with Gasteiger partial charge in [-0.25, -0.2) is 0 Å². The number of carboxylic acids is 1. The van der Waals surface area contributed by atoms with Gasteiger partial charge < -0.3 is 19.6 Å². The third-order valence-corrected chi connectivity index (χ3v) is 3.01. The average Bonchev–Trinajstić information content (AvgIpc) is 2.81. The van der Waals surface area contributed by atoms with Crippen LogP contribution in [0.1, 0.15) is 28.6 Å². The molecule has 2 aromatic rings. The average molecular weight is 303 g/mol. The lowest BCUT2D eigenvalue weighted by Crippen LogP contribution is -2.15. The maximum atomic E-state index is 12.3. The number of carbonyl (C=O) groups excluding carboxylic acids is 1. The van der Waals surface area contributed by atoms with E-state index in [0.717, 1.165) is 0 Å². The monoisotopic (exact) mass is 303 g/mol. The Hall–Kier alpha value is -2.76. The molecule has 1 aromatic heterocycles. The minimum atomic E-state index is -1.05. The van der Waals surface area contributed by atoms with Gasteiger partial charge in [-0.2, -0.15) is 0 Å². The number of hydrogen-bond donors (Lipinski definition) is 2. The summed E-state index contributed by atoms with van der Waals surface area (Å²) in [5.41, 5.74) is 1.45. The van der Waals surface area contributed by atoms with Gasteiger partial charge in [0.15, 0.2) is 0 Å². The van der Waals surface area contributed by atoms with E-state index in [2.05, 4.69) is 5.32 Å². The Labute approximate surface area is 127 Å². The fourth-order valence-corrected chi connectivity index (χ4v) is 2.07. The van der Waals surface area contributed by atoms with Crippen LogP contribution in [0.4, 0.5) is 5.69 Å². The van der Waals surface area contributed by atoms with Crippen LogP contribution in [-0.4, -0.2) is 23.6 Å². The van der Waals surface area contributed by atoms with Crippen LogP contribution in [0.25, 0.3) is 0 Å². The molecule has 1 aromatic carbocycles. The standard InChI is InChI=1S/C16H17NO5/c1-3-21-12-6-4-11(5-7-12)17-16(20)15-10(2)9-22-13(15)8-14(18)19/h4-7,9H,3,8H2,1-2H3,(H,17,20)(H,18,19). The fraction of sp³-hybridized carbons (Fsp3) is 0.250. The highest BCUT2D eigenvalue weighted by atomic mass is 16.5. The summed E-state index contributed by atoms with van der Waals surface area (Å²) in [6.07, 6.45) is 1.05. The van der Waals surface area contributed by atoms with Crippen LogP contribution in [0.5, 0.6) is 5.75 Å². The first-order valence-corrected chi connectivity index (χ1v) is 6.84. The van der Waals surface area contributed by atoms with Crippen molar-refractivity contribution in [3.8, 4) is 5.75 Å². The van der Waals surface area contributed by atoms with Gasteiger partial charge in [-0.3, -0.25) is 9.59 Å². The van der Waals surface area contributed by atoms with Crippen LogP contribution >= 0.6 is 0 Å². The van der Waals surface area contributed by atoms with Crippen molar-refractivity contribution in [2.45, 2.75) is 20.3 Å². The molecule has 0 bridgehead atoms. The fourth-order valence-electron chi connectivity index (χ4n) is 2.07. The van der Waals surface area contributed by atoms with E-state index in [-0.39, 0.29) is 17.7 Å². The predicted molar refractivity (Wildman–Crippen MR) is 80.3 cm³/mol. The second-order valence-electron chi connectivity index (χ2n) is 4.70. The van der Waals surface area contributed by atoms with Gasteiger partial charge in [-0.1, -0.05) is 0 Å². The quantitative estimate of drug-likeness (QED) is 0.856. The van der Waals surface area contributed by atoms with Crippen LogP contribution < -0.4 is 10.1 Å². The molecule has 0 aliphatic heterocycles. The predicted octanol–water partition coefficient (Wildman–Crippen LogP) is 2.87. The molecule has 0 atom stereocenters. The van der Waals surface area contributed by atoms with Crippen molar-refractivity contribution in [3.05, 3.63) is 47.4 Å². The van der Waals surface area contributed by atoms with Crippen molar-refractivity contribution in [2.24, 2.45) is 0 Å². The van der Waals surface area contributed by atoms with Gasteiger partial charge in [0.1, 0.15) is 17.9 Å². The Balaban J connectivity index is 2.15. The number of anilines is 1. The van der Waals surface area contributed by atoms with Gasteiger partial charge in [0.2, 0.25) is 0 Å². The Morgan fingerprint density at radius 3 is 2.55 bits per heavy atom. The smallest absolute Gasteiger partial charge is 0.311 e. The molecular formula is C16H17NO5. The highest BCUT2D eigenvalue weighted by Gasteiger charge is 2.20. The van der Waals surface area contributed by atoms with Crippen LogP contribution in [0, 0.1) is 6.92 Å². The Kier molecular flexibility index (Phi) is 4.83. The van der Waals surface area contributed by atoms with Crippen molar-refractivity contribution in [1.82, 2.24) is 0 Å². The third kappa shape index (κ3) is 3.66. The first-order chi connectivity index (χ1) is 10.5. The van der Waals surface area contributed by atoms with Gasteiger partial charge in [-0.15, -0.1) is 0 Å². The third-order valence-electron chi connectivity index (χ3n) is 3.01. The van der Waals surface area contributed by atoms with Gasteiger partial charge in [0.25, 0.3) is 5.91 Å². The van der Waals surface area contributed by atoms with Gasteiger partial charge in [0, 0.05) is 11.3 Å². The summed E-state index contributed by atoms with van der Waals surface area (Å²) in [5.74, 6) is -0.587. The number of ether oxygens (including phenoxy) is 1. The summed E-state index contributed by atoms with van der Waals surface area (Å²) < 4.78 is 10.5. The molecule has 0 aliphatic rings. The summed E-state index contributed by atoms with van der Waals surface area (Å²) in [7, 11) is 0. The van der Waals surface area contributed by atoms with E-state index in [1.54, 1.807) is 31.2 Å². The summed E-state index contributed by atoms with van der Waals surface area (Å²) in [6.45, 7) is 4.15. The lowest BCUT2D eigenvalue weighted by atomic mass is 10.1. The minimum absolute atomic E-state index is 0.147. The van der Waals surface area contributed by atoms with Crippen molar-refractivity contribution >= 4 is 17.6 Å². The molecule has 0 fully saturated rings. The number of amides is 1. The first-order valence-electron chi connectivity index (χ1n) is 6.84. The minimum Gasteiger partial charge on any atom is -0.494 e. The number of aliphatic carboxylic acids is 1. The highest BCUT2D eigenvalue weighted by molar-refractivity contribution is 6.06. The largest absolute Gasteiger partial charge is 0.494 e. The second kappa shape index (κ2) is 6.80. The summed E-state index contributed by atoms with van der Waals surface area (Å²) >= 11 is 0. The van der Waals surface area contributed by atoms with E-state index in [1.807, 2.05) is 6.92 Å². The van der Waals surface area contributed by atoms with Crippen molar-refractivity contribution in [3.63, 3.8) is 0 Å². The topological polar surface area (TPSA) is 88.8 Å². The number of aryl methyl sites for hydroxylation is 1. The maximum Gasteiger partial charge on any atom is 0.311 e. The SMILES string of the molecule is CCOc1ccc(NC(=O)c2c(C)coc2CC(=O)O)cc1. The number of furan rings is 1. The molecule has 2 N–H and O–H groups in total. The molecule has 6 heteroatoms. The molecule has 0 unspecified atom stereocenters. The molecule has 116 valence electrons. The Bertz CT molecular complexity index is 672. The Morgan fingerprint density at radius 1 is 1.27 bits per heavy atom. The number of nitrogens with one attached hydrogen (secondary N) is 1. The number of carbonyl (C=O) groups is 2. The molecule has 0 radical (unpaired) electrons. The zero-order valence-corrected chi connectivity index (χ0v) is 12.4. The normalized spacial score (nSPS) is 10.3. The zero-order valence-electron chi connectivity index (χ0n) is 12.4. The van der Waals surface area contributed by atoms with Crippen LogP contribution in [-0.2, 0) is 11.2 Å². The van der Waals surface area contributed by atoms with Crippen LogP contribution in [0.2, 0.25) is 0 Å². The summed E-state index contributed by atoms with van der Waals surface area (Å²) in [4.78, 5) is 23.1. The van der Waals surface area contributed by atoms with E-state index in [1.165, 1.54) is 6.26 Å². The van der Waals surface area contributed by atoms with Crippen molar-refractivity contribution in [2.75, 3.05) is 11.9 Å². The number of rotatable bonds is 6. The molecule has 1 heterocycles. The zero-order chi connectivity index (χ0) is 16.1. The molecule has 0 spiro atoms. The first kappa shape index (κ1) is 15.6. The Morgan fingerprint density at radius 2 is 1.95 bits per heavy atom. The molecule has 2 rings (SSSR count). The van der Waals surface area contributed by atoms with E-state index in [9.17, 15) is 9.59 Å². The van der Waals surface area contributed by atoms with E-state index < -0.39 is 11.9 Å². The lowest BCUT2D eigenvalue weighted by Gasteiger charge is -2.07. The van der Waals surface area contributed by atoms with Gasteiger partial charge in [-0.05, 0) is 38.1 Å². The molecular weight excluding hydrogens is 286 g/mol. The van der Waals surface area contributed by atoms with E-state index in [0.29, 0.717) is 23.6 Å². The second-order valence-corrected chi connectivity index (χ2v) is 4.70. The van der Waals surface area contributed by atoms with Crippen molar-refractivity contribution in [1.29, 1.82) is 0 Å². The van der Waals surface area contributed by atoms with Crippen LogP contribution in [0.3, 0.4) is 0 Å². The van der Waals surface area contributed by atoms with E-state index in [4.69, 9.17) is 14.3 Å². The van der Waals surface area contributed by atoms with Gasteiger partial charge >= 0.3 is 5.97 Å². The molecule has 6 nitrogen and oxygen atoms in total. The molecule has 0 saturated carbocycles. The summed E-state index contributed by atoms with van der Waals surface area (Å²) in [5, 5.41) is 11.6. The molecule has 0 aliphatic carbocycles. The van der Waals surface area contributed by atoms with E-state index >= 15 is 0 Å².